The fraction of sp³-hybridized carbons (Fsp3) is 0.263. The van der Waals surface area contributed by atoms with Crippen molar-refractivity contribution < 1.29 is 18.4 Å². The van der Waals surface area contributed by atoms with Crippen LogP contribution in [0, 0.1) is 17.6 Å². The van der Waals surface area contributed by atoms with Crippen molar-refractivity contribution in [3.63, 3.8) is 0 Å². The summed E-state index contributed by atoms with van der Waals surface area (Å²) in [5, 5.41) is 4.56. The van der Waals surface area contributed by atoms with Crippen LogP contribution in [0.3, 0.4) is 0 Å². The van der Waals surface area contributed by atoms with Gasteiger partial charge in [0, 0.05) is 18.2 Å². The van der Waals surface area contributed by atoms with Crippen LogP contribution in [-0.2, 0) is 4.79 Å². The summed E-state index contributed by atoms with van der Waals surface area (Å²) in [6, 6.07) is 6.30. The van der Waals surface area contributed by atoms with E-state index in [2.05, 4.69) is 10.6 Å². The summed E-state index contributed by atoms with van der Waals surface area (Å²) in [4.78, 5) is 24.7. The van der Waals surface area contributed by atoms with Crippen molar-refractivity contribution >= 4 is 63.9 Å². The fourth-order valence-electron chi connectivity index (χ4n) is 3.08. The molecular weight excluding hydrogens is 468 g/mol. The number of nitrogens with one attached hydrogen (secondary N) is 2. The molecule has 4 nitrogen and oxygen atoms in total. The standard InChI is InChI=1S/C19H14Cl4F2N2O2/c1-2-26-17(28)10-6-9(7-12(21)16(10)25)27-18(29)15-14(19(15,22)23)8-3-4-13(24)11(20)5-8/h3-7,14-15H,2H2,1H3,(H,26,28)(H,27,29). The molecule has 2 aromatic carbocycles. The second-order valence-corrected chi connectivity index (χ2v) is 8.73. The zero-order valence-corrected chi connectivity index (χ0v) is 17.9. The SMILES string of the molecule is CCNC(=O)c1cc(NC(=O)C2C(c3ccc(F)c(Cl)c3)C2(Cl)Cl)cc(Cl)c1F. The maximum atomic E-state index is 14.1. The molecule has 0 saturated heterocycles. The van der Waals surface area contributed by atoms with Gasteiger partial charge in [0.2, 0.25) is 5.91 Å². The molecule has 0 heterocycles. The van der Waals surface area contributed by atoms with Crippen molar-refractivity contribution in [1.82, 2.24) is 5.32 Å². The van der Waals surface area contributed by atoms with Crippen LogP contribution < -0.4 is 10.6 Å². The largest absolute Gasteiger partial charge is 0.352 e. The van der Waals surface area contributed by atoms with Crippen LogP contribution in [-0.4, -0.2) is 22.7 Å². The van der Waals surface area contributed by atoms with E-state index in [9.17, 15) is 18.4 Å². The summed E-state index contributed by atoms with van der Waals surface area (Å²) in [7, 11) is 0. The highest BCUT2D eigenvalue weighted by Gasteiger charge is 2.67. The van der Waals surface area contributed by atoms with Crippen LogP contribution in [0.25, 0.3) is 0 Å². The van der Waals surface area contributed by atoms with Crippen molar-refractivity contribution in [2.24, 2.45) is 5.92 Å². The lowest BCUT2D eigenvalue weighted by atomic mass is 10.1. The van der Waals surface area contributed by atoms with Crippen molar-refractivity contribution in [3.8, 4) is 0 Å². The number of halogens is 6. The predicted octanol–water partition coefficient (Wildman–Crippen LogP) is 5.55. The molecule has 0 spiro atoms. The minimum atomic E-state index is -1.43. The van der Waals surface area contributed by atoms with E-state index in [1.165, 1.54) is 24.3 Å². The van der Waals surface area contributed by atoms with Gasteiger partial charge in [-0.3, -0.25) is 9.59 Å². The summed E-state index contributed by atoms with van der Waals surface area (Å²) in [6.07, 6.45) is 0. The summed E-state index contributed by atoms with van der Waals surface area (Å²) < 4.78 is 26.1. The Morgan fingerprint density at radius 2 is 1.79 bits per heavy atom. The summed E-state index contributed by atoms with van der Waals surface area (Å²) in [5.41, 5.74) is 0.298. The molecule has 2 unspecified atom stereocenters. The Labute approximate surface area is 185 Å². The number of alkyl halides is 2. The van der Waals surface area contributed by atoms with Crippen LogP contribution in [0.1, 0.15) is 28.8 Å². The molecule has 2 amide bonds. The molecular formula is C19H14Cl4F2N2O2. The first-order valence-corrected chi connectivity index (χ1v) is 10.00. The van der Waals surface area contributed by atoms with Gasteiger partial charge in [-0.25, -0.2) is 8.78 Å². The zero-order valence-electron chi connectivity index (χ0n) is 14.8. The molecule has 1 aliphatic rings. The van der Waals surface area contributed by atoms with E-state index in [4.69, 9.17) is 46.4 Å². The topological polar surface area (TPSA) is 58.2 Å². The van der Waals surface area contributed by atoms with Gasteiger partial charge in [-0.2, -0.15) is 0 Å². The van der Waals surface area contributed by atoms with Crippen LogP contribution in [0.5, 0.6) is 0 Å². The second kappa shape index (κ2) is 8.26. The third-order valence-electron chi connectivity index (χ3n) is 4.52. The molecule has 29 heavy (non-hydrogen) atoms. The maximum absolute atomic E-state index is 14.1. The van der Waals surface area contributed by atoms with Gasteiger partial charge in [0.05, 0.1) is 21.5 Å². The summed E-state index contributed by atoms with van der Waals surface area (Å²) in [6.45, 7) is 1.97. The number of amides is 2. The Kier molecular flexibility index (Phi) is 6.30. The van der Waals surface area contributed by atoms with Gasteiger partial charge in [-0.05, 0) is 36.8 Å². The first-order chi connectivity index (χ1) is 13.6. The van der Waals surface area contributed by atoms with E-state index in [0.717, 1.165) is 6.07 Å². The van der Waals surface area contributed by atoms with Crippen LogP contribution >= 0.6 is 46.4 Å². The third kappa shape index (κ3) is 4.31. The number of benzene rings is 2. The zero-order chi connectivity index (χ0) is 21.5. The Morgan fingerprint density at radius 3 is 2.41 bits per heavy atom. The number of hydrogen-bond donors (Lipinski definition) is 2. The van der Waals surface area contributed by atoms with Crippen molar-refractivity contribution in [2.75, 3.05) is 11.9 Å². The number of anilines is 1. The molecule has 1 saturated carbocycles. The molecule has 0 bridgehead atoms. The Morgan fingerprint density at radius 1 is 1.10 bits per heavy atom. The predicted molar refractivity (Wildman–Crippen MR) is 110 cm³/mol. The van der Waals surface area contributed by atoms with Crippen molar-refractivity contribution in [1.29, 1.82) is 0 Å². The lowest BCUT2D eigenvalue weighted by molar-refractivity contribution is -0.117. The minimum absolute atomic E-state index is 0.106. The molecule has 0 aromatic heterocycles. The minimum Gasteiger partial charge on any atom is -0.352 e. The third-order valence-corrected chi connectivity index (χ3v) is 6.02. The van der Waals surface area contributed by atoms with Crippen LogP contribution in [0.2, 0.25) is 10.0 Å². The second-order valence-electron chi connectivity index (χ2n) is 6.47. The molecule has 2 N–H and O–H groups in total. The van der Waals surface area contributed by atoms with Gasteiger partial charge >= 0.3 is 0 Å². The van der Waals surface area contributed by atoms with E-state index in [1.807, 2.05) is 0 Å². The first kappa shape index (κ1) is 22.1. The molecule has 1 fully saturated rings. The lowest BCUT2D eigenvalue weighted by Crippen LogP contribution is -2.24. The van der Waals surface area contributed by atoms with Gasteiger partial charge in [0.15, 0.2) is 5.82 Å². The maximum Gasteiger partial charge on any atom is 0.254 e. The van der Waals surface area contributed by atoms with Crippen LogP contribution in [0.15, 0.2) is 30.3 Å². The van der Waals surface area contributed by atoms with E-state index in [1.54, 1.807) is 6.92 Å². The quantitative estimate of drug-likeness (QED) is 0.550. The Hall–Kier alpha value is -1.60. The summed E-state index contributed by atoms with van der Waals surface area (Å²) in [5.74, 6) is -4.23. The van der Waals surface area contributed by atoms with Gasteiger partial charge in [0.1, 0.15) is 10.2 Å². The van der Waals surface area contributed by atoms with Crippen LogP contribution in [0.4, 0.5) is 14.5 Å². The van der Waals surface area contributed by atoms with E-state index in [0.29, 0.717) is 5.56 Å². The molecule has 10 heteroatoms. The van der Waals surface area contributed by atoms with Gasteiger partial charge in [-0.15, -0.1) is 23.2 Å². The van der Waals surface area contributed by atoms with E-state index >= 15 is 0 Å². The number of hydrogen-bond acceptors (Lipinski definition) is 2. The van der Waals surface area contributed by atoms with Gasteiger partial charge < -0.3 is 10.6 Å². The van der Waals surface area contributed by atoms with Crippen molar-refractivity contribution in [2.45, 2.75) is 17.2 Å². The van der Waals surface area contributed by atoms with E-state index < -0.39 is 39.6 Å². The number of rotatable bonds is 5. The lowest BCUT2D eigenvalue weighted by Gasteiger charge is -2.10. The average Bonchev–Trinajstić information content (AvgIpc) is 3.22. The highest BCUT2D eigenvalue weighted by molar-refractivity contribution is 6.53. The Balaban J connectivity index is 1.83. The van der Waals surface area contributed by atoms with Crippen molar-refractivity contribution in [3.05, 3.63) is 63.1 Å². The van der Waals surface area contributed by atoms with Gasteiger partial charge in [0.25, 0.3) is 5.91 Å². The highest BCUT2D eigenvalue weighted by Crippen LogP contribution is 2.65. The average molecular weight is 482 g/mol. The normalized spacial score (nSPS) is 19.6. The molecule has 3 rings (SSSR count). The van der Waals surface area contributed by atoms with E-state index in [-0.39, 0.29) is 27.8 Å². The monoisotopic (exact) mass is 480 g/mol. The fourth-order valence-corrected chi connectivity index (χ4v) is 4.31. The molecule has 0 aliphatic heterocycles. The molecule has 1 aliphatic carbocycles. The van der Waals surface area contributed by atoms with Gasteiger partial charge in [-0.1, -0.05) is 29.3 Å². The number of carbonyl (C=O) groups is 2. The molecule has 0 radical (unpaired) electrons. The molecule has 2 atom stereocenters. The summed E-state index contributed by atoms with van der Waals surface area (Å²) >= 11 is 24.2. The Bertz CT molecular complexity index is 1000. The number of carbonyl (C=O) groups excluding carboxylic acids is 2. The smallest absolute Gasteiger partial charge is 0.254 e. The molecule has 2 aromatic rings. The highest BCUT2D eigenvalue weighted by atomic mass is 35.5. The molecule has 154 valence electrons. The first-order valence-electron chi connectivity index (χ1n) is 8.48.